The highest BCUT2D eigenvalue weighted by Gasteiger charge is 2.39. The van der Waals surface area contributed by atoms with Crippen LogP contribution in [0, 0.1) is 5.92 Å². The van der Waals surface area contributed by atoms with E-state index in [1.54, 1.807) is 0 Å². The van der Waals surface area contributed by atoms with Crippen LogP contribution in [-0.2, 0) is 4.74 Å². The lowest BCUT2D eigenvalue weighted by molar-refractivity contribution is -0.0381. The van der Waals surface area contributed by atoms with E-state index in [-0.39, 0.29) is 6.10 Å². The van der Waals surface area contributed by atoms with Crippen LogP contribution in [0.25, 0.3) is 0 Å². The lowest BCUT2D eigenvalue weighted by Crippen LogP contribution is -2.35. The summed E-state index contributed by atoms with van der Waals surface area (Å²) in [6, 6.07) is 19.7. The first-order valence-corrected chi connectivity index (χ1v) is 7.45. The normalized spacial score (nSPS) is 28.1. The molecule has 2 heterocycles. The summed E-state index contributed by atoms with van der Waals surface area (Å²) in [5, 5.41) is 3.73. The Labute approximate surface area is 119 Å². The van der Waals surface area contributed by atoms with Crippen LogP contribution < -0.4 is 5.32 Å². The van der Waals surface area contributed by atoms with Crippen LogP contribution in [0.15, 0.2) is 54.6 Å². The summed E-state index contributed by atoms with van der Waals surface area (Å²) in [7, 11) is 0. The lowest BCUT2D eigenvalue weighted by Gasteiger charge is -2.43. The summed E-state index contributed by atoms with van der Waals surface area (Å²) in [5.41, 5.74) is 3.91. The monoisotopic (exact) mass is 265 g/mol. The second-order valence-corrected chi connectivity index (χ2v) is 5.72. The number of hydrogen-bond donors (Lipinski definition) is 1. The molecule has 2 heteroatoms. The molecule has 2 aromatic rings. The van der Waals surface area contributed by atoms with E-state index in [0.29, 0.717) is 12.0 Å². The number of fused-ring (bicyclic) bond motifs is 3. The fourth-order valence-electron chi connectivity index (χ4n) is 3.61. The van der Waals surface area contributed by atoms with Gasteiger partial charge in [0.2, 0.25) is 0 Å². The first-order valence-electron chi connectivity index (χ1n) is 7.45. The summed E-state index contributed by atoms with van der Waals surface area (Å²) in [5.74, 6) is 0.529. The van der Waals surface area contributed by atoms with Crippen LogP contribution in [0.1, 0.15) is 36.1 Å². The van der Waals surface area contributed by atoms with Gasteiger partial charge < -0.3 is 10.1 Å². The molecule has 3 atom stereocenters. The minimum absolute atomic E-state index is 0.242. The Bertz CT molecular complexity index is 595. The van der Waals surface area contributed by atoms with Crippen molar-refractivity contribution in [2.45, 2.75) is 25.0 Å². The summed E-state index contributed by atoms with van der Waals surface area (Å²) in [6.07, 6.45) is 2.63. The van der Waals surface area contributed by atoms with Gasteiger partial charge in [-0.05, 0) is 24.5 Å². The molecule has 2 aliphatic rings. The fraction of sp³-hybridized carbons (Fsp3) is 0.333. The number of nitrogens with one attached hydrogen (secondary N) is 1. The molecule has 1 N–H and O–H groups in total. The number of para-hydroxylation sites is 1. The quantitative estimate of drug-likeness (QED) is 0.829. The van der Waals surface area contributed by atoms with Crippen molar-refractivity contribution in [1.29, 1.82) is 0 Å². The highest BCUT2D eigenvalue weighted by molar-refractivity contribution is 5.57. The fourth-order valence-corrected chi connectivity index (χ4v) is 3.61. The van der Waals surface area contributed by atoms with Gasteiger partial charge in [-0.3, -0.25) is 0 Å². The topological polar surface area (TPSA) is 21.3 Å². The van der Waals surface area contributed by atoms with Crippen molar-refractivity contribution in [2.24, 2.45) is 5.92 Å². The van der Waals surface area contributed by atoms with E-state index in [2.05, 4.69) is 59.9 Å². The van der Waals surface area contributed by atoms with Crippen LogP contribution in [0.4, 0.5) is 5.69 Å². The van der Waals surface area contributed by atoms with Gasteiger partial charge in [-0.15, -0.1) is 0 Å². The standard InChI is InChI=1S/C18H19NO/c1-2-7-13(8-3-1)17-15-10-6-12-20-18(15)14-9-4-5-11-16(14)19-17/h1-5,7-9,11,15,17-19H,6,10,12H2/t15-,17+,18-/m0/s1. The molecule has 1 fully saturated rings. The molecule has 102 valence electrons. The van der Waals surface area contributed by atoms with E-state index >= 15 is 0 Å². The minimum atomic E-state index is 0.242. The van der Waals surface area contributed by atoms with Crippen molar-refractivity contribution in [3.8, 4) is 0 Å². The molecular formula is C18H19NO. The van der Waals surface area contributed by atoms with Crippen LogP contribution in [0.5, 0.6) is 0 Å². The van der Waals surface area contributed by atoms with Crippen LogP contribution in [0.2, 0.25) is 0 Å². The van der Waals surface area contributed by atoms with Crippen LogP contribution in [-0.4, -0.2) is 6.61 Å². The highest BCUT2D eigenvalue weighted by Crippen LogP contribution is 2.48. The summed E-state index contributed by atoms with van der Waals surface area (Å²) in [4.78, 5) is 0. The zero-order valence-electron chi connectivity index (χ0n) is 11.5. The molecule has 0 aromatic heterocycles. The highest BCUT2D eigenvalue weighted by atomic mass is 16.5. The van der Waals surface area contributed by atoms with E-state index in [9.17, 15) is 0 Å². The van der Waals surface area contributed by atoms with Gasteiger partial charge >= 0.3 is 0 Å². The molecule has 0 amide bonds. The molecule has 0 spiro atoms. The maximum Gasteiger partial charge on any atom is 0.0895 e. The SMILES string of the molecule is c1ccc([C@H]2Nc3ccccc3[C@@H]3OCCC[C@@H]23)cc1. The maximum atomic E-state index is 6.12. The number of hydrogen-bond acceptors (Lipinski definition) is 2. The molecule has 1 saturated heterocycles. The van der Waals surface area contributed by atoms with Crippen molar-refractivity contribution >= 4 is 5.69 Å². The van der Waals surface area contributed by atoms with Gasteiger partial charge in [-0.1, -0.05) is 48.5 Å². The third-order valence-electron chi connectivity index (χ3n) is 4.53. The first-order chi connectivity index (χ1) is 9.93. The van der Waals surface area contributed by atoms with Crippen LogP contribution >= 0.6 is 0 Å². The Balaban J connectivity index is 1.78. The average molecular weight is 265 g/mol. The van der Waals surface area contributed by atoms with Crippen molar-refractivity contribution in [3.63, 3.8) is 0 Å². The number of benzene rings is 2. The Morgan fingerprint density at radius 1 is 0.950 bits per heavy atom. The summed E-state index contributed by atoms with van der Waals surface area (Å²) in [6.45, 7) is 0.886. The van der Waals surface area contributed by atoms with E-state index < -0.39 is 0 Å². The third kappa shape index (κ3) is 1.92. The molecule has 2 nitrogen and oxygen atoms in total. The van der Waals surface area contributed by atoms with Gasteiger partial charge in [-0.2, -0.15) is 0 Å². The van der Waals surface area contributed by atoms with Crippen molar-refractivity contribution in [3.05, 3.63) is 65.7 Å². The molecule has 20 heavy (non-hydrogen) atoms. The Morgan fingerprint density at radius 3 is 2.65 bits per heavy atom. The molecule has 2 aromatic carbocycles. The van der Waals surface area contributed by atoms with Gasteiger partial charge in [0.25, 0.3) is 0 Å². The molecular weight excluding hydrogens is 246 g/mol. The van der Waals surface area contributed by atoms with Gasteiger partial charge in [0.15, 0.2) is 0 Å². The Kier molecular flexibility index (Phi) is 2.96. The smallest absolute Gasteiger partial charge is 0.0895 e. The zero-order chi connectivity index (χ0) is 13.4. The largest absolute Gasteiger partial charge is 0.378 e. The van der Waals surface area contributed by atoms with E-state index in [0.717, 1.165) is 13.0 Å². The van der Waals surface area contributed by atoms with Crippen molar-refractivity contribution < 1.29 is 4.74 Å². The van der Waals surface area contributed by atoms with Gasteiger partial charge in [-0.25, -0.2) is 0 Å². The molecule has 0 radical (unpaired) electrons. The van der Waals surface area contributed by atoms with Crippen molar-refractivity contribution in [2.75, 3.05) is 11.9 Å². The van der Waals surface area contributed by atoms with Crippen molar-refractivity contribution in [1.82, 2.24) is 0 Å². The number of ether oxygens (including phenoxy) is 1. The summed E-state index contributed by atoms with van der Waals surface area (Å²) >= 11 is 0. The molecule has 4 rings (SSSR count). The first kappa shape index (κ1) is 12.0. The van der Waals surface area contributed by atoms with E-state index in [4.69, 9.17) is 4.74 Å². The third-order valence-corrected chi connectivity index (χ3v) is 4.53. The second-order valence-electron chi connectivity index (χ2n) is 5.72. The number of rotatable bonds is 1. The zero-order valence-corrected chi connectivity index (χ0v) is 11.5. The van der Waals surface area contributed by atoms with E-state index in [1.807, 2.05) is 0 Å². The molecule has 0 unspecified atom stereocenters. The summed E-state index contributed by atoms with van der Waals surface area (Å²) < 4.78 is 6.12. The number of anilines is 1. The predicted molar refractivity (Wildman–Crippen MR) is 80.7 cm³/mol. The maximum absolute atomic E-state index is 6.12. The minimum Gasteiger partial charge on any atom is -0.378 e. The molecule has 0 aliphatic carbocycles. The Morgan fingerprint density at radius 2 is 1.75 bits per heavy atom. The van der Waals surface area contributed by atoms with Gasteiger partial charge in [0, 0.05) is 23.8 Å². The molecule has 2 aliphatic heterocycles. The Hall–Kier alpha value is -1.80. The van der Waals surface area contributed by atoms with E-state index in [1.165, 1.54) is 23.2 Å². The molecule has 0 bridgehead atoms. The van der Waals surface area contributed by atoms with Gasteiger partial charge in [0.1, 0.15) is 0 Å². The second kappa shape index (κ2) is 4.95. The van der Waals surface area contributed by atoms with Gasteiger partial charge in [0.05, 0.1) is 12.1 Å². The molecule has 0 saturated carbocycles. The van der Waals surface area contributed by atoms with Crippen LogP contribution in [0.3, 0.4) is 0 Å². The average Bonchev–Trinajstić information content (AvgIpc) is 2.55. The predicted octanol–water partition coefficient (Wildman–Crippen LogP) is 4.32. The lowest BCUT2D eigenvalue weighted by atomic mass is 9.77.